The standard InChI is InChI=1S/C30H24F8/c1-2-3-4-5-17-12-23(31)27(24(32)13-17)21-10-11-22-20(16-21)9-8-19(29(22)35)7-6-18-14-25(33)28(26(34)15-18)30(36,37)38/h8-16H,2-7H2,1H3. The topological polar surface area (TPSA) is 0 Å². The van der Waals surface area contributed by atoms with Gasteiger partial charge in [0.25, 0.3) is 0 Å². The highest BCUT2D eigenvalue weighted by molar-refractivity contribution is 5.88. The van der Waals surface area contributed by atoms with Crippen LogP contribution in [0.5, 0.6) is 0 Å². The molecular weight excluding hydrogens is 512 g/mol. The molecule has 0 N–H and O–H groups in total. The highest BCUT2D eigenvalue weighted by Crippen LogP contribution is 2.35. The Morgan fingerprint density at radius 3 is 1.84 bits per heavy atom. The van der Waals surface area contributed by atoms with Gasteiger partial charge >= 0.3 is 6.18 Å². The van der Waals surface area contributed by atoms with Gasteiger partial charge in [0.1, 0.15) is 34.6 Å². The number of aryl methyl sites for hydroxylation is 3. The van der Waals surface area contributed by atoms with Crippen molar-refractivity contribution in [2.45, 2.75) is 51.6 Å². The van der Waals surface area contributed by atoms with Crippen LogP contribution in [-0.2, 0) is 25.4 Å². The van der Waals surface area contributed by atoms with Crippen molar-refractivity contribution < 1.29 is 35.1 Å². The fraction of sp³-hybridized carbons (Fsp3) is 0.267. The summed E-state index contributed by atoms with van der Waals surface area (Å²) >= 11 is 0. The van der Waals surface area contributed by atoms with Crippen molar-refractivity contribution in [3.8, 4) is 11.1 Å². The van der Waals surface area contributed by atoms with Crippen LogP contribution in [0.2, 0.25) is 0 Å². The smallest absolute Gasteiger partial charge is 0.206 e. The van der Waals surface area contributed by atoms with Gasteiger partial charge in [0.05, 0.1) is 5.56 Å². The summed E-state index contributed by atoms with van der Waals surface area (Å²) in [4.78, 5) is 0. The molecule has 8 heteroatoms. The summed E-state index contributed by atoms with van der Waals surface area (Å²) in [6.45, 7) is 2.04. The first-order valence-corrected chi connectivity index (χ1v) is 12.2. The first-order chi connectivity index (χ1) is 18.0. The maximum Gasteiger partial charge on any atom is 0.422 e. The van der Waals surface area contributed by atoms with E-state index in [4.69, 9.17) is 0 Å². The lowest BCUT2D eigenvalue weighted by atomic mass is 9.95. The van der Waals surface area contributed by atoms with Gasteiger partial charge in [-0.25, -0.2) is 22.0 Å². The molecule has 0 heterocycles. The van der Waals surface area contributed by atoms with Gasteiger partial charge in [0, 0.05) is 5.39 Å². The lowest BCUT2D eigenvalue weighted by molar-refractivity contribution is -0.142. The number of alkyl halides is 3. The van der Waals surface area contributed by atoms with Crippen LogP contribution in [0, 0.1) is 29.1 Å². The van der Waals surface area contributed by atoms with Crippen molar-refractivity contribution in [1.29, 1.82) is 0 Å². The van der Waals surface area contributed by atoms with Gasteiger partial charge in [0.2, 0.25) is 0 Å². The van der Waals surface area contributed by atoms with E-state index in [-0.39, 0.29) is 40.5 Å². The van der Waals surface area contributed by atoms with E-state index in [2.05, 4.69) is 0 Å². The summed E-state index contributed by atoms with van der Waals surface area (Å²) in [6, 6.07) is 11.1. The monoisotopic (exact) mass is 536 g/mol. The zero-order chi connectivity index (χ0) is 27.6. The third kappa shape index (κ3) is 5.84. The zero-order valence-electron chi connectivity index (χ0n) is 20.5. The number of unbranched alkanes of at least 4 members (excludes halogenated alkanes) is 2. The Morgan fingerprint density at radius 2 is 1.24 bits per heavy atom. The van der Waals surface area contributed by atoms with E-state index >= 15 is 4.39 Å². The van der Waals surface area contributed by atoms with Gasteiger partial charge < -0.3 is 0 Å². The summed E-state index contributed by atoms with van der Waals surface area (Å²) in [5.41, 5.74) is -1.22. The minimum atomic E-state index is -5.17. The van der Waals surface area contributed by atoms with E-state index in [1.165, 1.54) is 36.4 Å². The molecule has 0 atom stereocenters. The van der Waals surface area contributed by atoms with Crippen LogP contribution < -0.4 is 0 Å². The number of hydrogen-bond acceptors (Lipinski definition) is 0. The molecule has 4 rings (SSSR count). The maximum absolute atomic E-state index is 15.2. The van der Waals surface area contributed by atoms with Crippen LogP contribution in [0.1, 0.15) is 48.4 Å². The average molecular weight is 537 g/mol. The van der Waals surface area contributed by atoms with Gasteiger partial charge in [0.15, 0.2) is 0 Å². The first-order valence-electron chi connectivity index (χ1n) is 12.2. The van der Waals surface area contributed by atoms with E-state index in [1.54, 1.807) is 6.07 Å². The van der Waals surface area contributed by atoms with Crippen LogP contribution in [0.15, 0.2) is 54.6 Å². The molecular formula is C30H24F8. The Labute approximate surface area is 214 Å². The predicted molar refractivity (Wildman–Crippen MR) is 131 cm³/mol. The first kappa shape index (κ1) is 27.6. The number of rotatable bonds is 8. The highest BCUT2D eigenvalue weighted by Gasteiger charge is 2.37. The molecule has 4 aromatic rings. The van der Waals surface area contributed by atoms with Gasteiger partial charge in [-0.2, -0.15) is 13.2 Å². The maximum atomic E-state index is 15.2. The average Bonchev–Trinajstić information content (AvgIpc) is 2.82. The van der Waals surface area contributed by atoms with Crippen molar-refractivity contribution in [2.75, 3.05) is 0 Å². The molecule has 0 saturated heterocycles. The summed E-state index contributed by atoms with van der Waals surface area (Å²) in [5.74, 6) is -5.50. The van der Waals surface area contributed by atoms with Crippen molar-refractivity contribution in [2.24, 2.45) is 0 Å². The normalized spacial score (nSPS) is 11.9. The van der Waals surface area contributed by atoms with E-state index < -0.39 is 40.8 Å². The minimum absolute atomic E-state index is 0.0312. The quantitative estimate of drug-likeness (QED) is 0.155. The highest BCUT2D eigenvalue weighted by atomic mass is 19.4. The molecule has 0 unspecified atom stereocenters. The SMILES string of the molecule is CCCCCc1cc(F)c(-c2ccc3c(F)c(CCc4cc(F)c(C(F)(F)F)c(F)c4)ccc3c2)c(F)c1. The van der Waals surface area contributed by atoms with Crippen LogP contribution in [-0.4, -0.2) is 0 Å². The molecule has 0 bridgehead atoms. The van der Waals surface area contributed by atoms with Crippen LogP contribution >= 0.6 is 0 Å². The Balaban J connectivity index is 1.57. The van der Waals surface area contributed by atoms with Crippen LogP contribution in [0.25, 0.3) is 21.9 Å². The van der Waals surface area contributed by atoms with Crippen LogP contribution in [0.3, 0.4) is 0 Å². The van der Waals surface area contributed by atoms with Crippen molar-refractivity contribution >= 4 is 10.8 Å². The fourth-order valence-electron chi connectivity index (χ4n) is 4.63. The molecule has 0 spiro atoms. The largest absolute Gasteiger partial charge is 0.422 e. The molecule has 0 aliphatic heterocycles. The van der Waals surface area contributed by atoms with Crippen molar-refractivity contribution in [1.82, 2.24) is 0 Å². The summed E-state index contributed by atoms with van der Waals surface area (Å²) in [5, 5.41) is 0.564. The van der Waals surface area contributed by atoms with Gasteiger partial charge in [-0.05, 0) is 83.7 Å². The molecule has 0 fully saturated rings. The molecule has 0 nitrogen and oxygen atoms in total. The van der Waals surface area contributed by atoms with E-state index in [9.17, 15) is 30.7 Å². The molecule has 0 radical (unpaired) electrons. The molecule has 0 aliphatic rings. The molecule has 0 aliphatic carbocycles. The second-order valence-electron chi connectivity index (χ2n) is 9.30. The Hall–Kier alpha value is -3.42. The van der Waals surface area contributed by atoms with Gasteiger partial charge in [-0.1, -0.05) is 44.0 Å². The van der Waals surface area contributed by atoms with Crippen molar-refractivity contribution in [3.63, 3.8) is 0 Å². The number of benzene rings is 4. The molecule has 4 aromatic carbocycles. The van der Waals surface area contributed by atoms with Gasteiger partial charge in [-0.15, -0.1) is 0 Å². The lowest BCUT2D eigenvalue weighted by Gasteiger charge is -2.12. The Bertz CT molecular complexity index is 1420. The van der Waals surface area contributed by atoms with E-state index in [1.807, 2.05) is 6.92 Å². The summed E-state index contributed by atoms with van der Waals surface area (Å²) in [7, 11) is 0. The Morgan fingerprint density at radius 1 is 0.632 bits per heavy atom. The Kier molecular flexibility index (Phi) is 8.09. The van der Waals surface area contributed by atoms with Crippen molar-refractivity contribution in [3.05, 3.63) is 106 Å². The van der Waals surface area contributed by atoms with Gasteiger partial charge in [-0.3, -0.25) is 0 Å². The molecule has 0 aromatic heterocycles. The zero-order valence-corrected chi connectivity index (χ0v) is 20.5. The second-order valence-corrected chi connectivity index (χ2v) is 9.30. The lowest BCUT2D eigenvalue weighted by Crippen LogP contribution is -2.12. The summed E-state index contributed by atoms with van der Waals surface area (Å²) < 4.78 is 111. The van der Waals surface area contributed by atoms with E-state index in [0.29, 0.717) is 29.5 Å². The molecule has 0 amide bonds. The number of halogens is 8. The van der Waals surface area contributed by atoms with Crippen LogP contribution in [0.4, 0.5) is 35.1 Å². The molecule has 200 valence electrons. The van der Waals surface area contributed by atoms with E-state index in [0.717, 1.165) is 19.3 Å². The number of fused-ring (bicyclic) bond motifs is 1. The number of hydrogen-bond donors (Lipinski definition) is 0. The minimum Gasteiger partial charge on any atom is -0.206 e. The fourth-order valence-corrected chi connectivity index (χ4v) is 4.63. The summed E-state index contributed by atoms with van der Waals surface area (Å²) in [6.07, 6.45) is -1.96. The third-order valence-electron chi connectivity index (χ3n) is 6.56. The molecule has 38 heavy (non-hydrogen) atoms. The molecule has 0 saturated carbocycles. The predicted octanol–water partition coefficient (Wildman–Crippen LogP) is 9.74. The second kappa shape index (κ2) is 11.1. The third-order valence-corrected chi connectivity index (χ3v) is 6.56.